The van der Waals surface area contributed by atoms with E-state index in [-0.39, 0.29) is 11.3 Å². The second kappa shape index (κ2) is 8.34. The van der Waals surface area contributed by atoms with Crippen LogP contribution in [0.2, 0.25) is 0 Å². The number of aliphatic hydroxyl groups excluding tert-OH is 1. The number of anilines is 1. The zero-order chi connectivity index (χ0) is 24.0. The summed E-state index contributed by atoms with van der Waals surface area (Å²) >= 11 is 0. The summed E-state index contributed by atoms with van der Waals surface area (Å²) in [4.78, 5) is 28.5. The Balaban J connectivity index is 1.64. The average molecular weight is 452 g/mol. The number of nitrogens with zero attached hydrogens (tertiary/aromatic N) is 1. The highest BCUT2D eigenvalue weighted by molar-refractivity contribution is 6.20. The van der Waals surface area contributed by atoms with E-state index in [1.165, 1.54) is 4.90 Å². The molecule has 0 aliphatic carbocycles. The fraction of sp³-hybridized carbons (Fsp3) is 0.172. The molecule has 1 atom stereocenters. The van der Waals surface area contributed by atoms with Crippen LogP contribution in [-0.2, 0) is 4.79 Å². The standard InChI is InChI=1S/C29H25NO4/c1-17(2)19-11-13-22(14-12-19)30-26(21-9-6-7-18(3)15-21)25(28(32)29(30)33)27(31)24-16-20-8-4-5-10-23(20)34-24/h4-17,26,32H,1-3H3. The molecule has 2 heterocycles. The first-order chi connectivity index (χ1) is 16.3. The van der Waals surface area contributed by atoms with Crippen molar-refractivity contribution in [3.63, 3.8) is 0 Å². The number of furan rings is 1. The Kier molecular flexibility index (Phi) is 5.33. The Bertz CT molecular complexity index is 1410. The number of amides is 1. The number of aliphatic hydroxyl groups is 1. The van der Waals surface area contributed by atoms with Crippen molar-refractivity contribution in [1.29, 1.82) is 0 Å². The lowest BCUT2D eigenvalue weighted by atomic mass is 9.93. The first-order valence-corrected chi connectivity index (χ1v) is 11.3. The Morgan fingerprint density at radius 3 is 2.38 bits per heavy atom. The monoisotopic (exact) mass is 451 g/mol. The van der Waals surface area contributed by atoms with Crippen LogP contribution in [0.25, 0.3) is 11.0 Å². The van der Waals surface area contributed by atoms with E-state index in [0.717, 1.165) is 22.1 Å². The van der Waals surface area contributed by atoms with E-state index in [9.17, 15) is 14.7 Å². The van der Waals surface area contributed by atoms with Crippen LogP contribution in [0, 0.1) is 6.92 Å². The summed E-state index contributed by atoms with van der Waals surface area (Å²) in [6.07, 6.45) is 0. The summed E-state index contributed by atoms with van der Waals surface area (Å²) in [7, 11) is 0. The largest absolute Gasteiger partial charge is 0.503 e. The van der Waals surface area contributed by atoms with E-state index >= 15 is 0 Å². The molecule has 0 radical (unpaired) electrons. The van der Waals surface area contributed by atoms with Gasteiger partial charge in [-0.25, -0.2) is 0 Å². The number of fused-ring (bicyclic) bond motifs is 1. The van der Waals surface area contributed by atoms with Crippen molar-refractivity contribution in [2.24, 2.45) is 0 Å². The Morgan fingerprint density at radius 1 is 0.971 bits per heavy atom. The summed E-state index contributed by atoms with van der Waals surface area (Å²) in [5, 5.41) is 11.7. The third-order valence-electron chi connectivity index (χ3n) is 6.30. The summed E-state index contributed by atoms with van der Waals surface area (Å²) in [6.45, 7) is 6.15. The highest BCUT2D eigenvalue weighted by atomic mass is 16.3. The molecular weight excluding hydrogens is 426 g/mol. The first kappa shape index (κ1) is 21.7. The van der Waals surface area contributed by atoms with Crippen molar-refractivity contribution in [3.8, 4) is 0 Å². The van der Waals surface area contributed by atoms with Crippen LogP contribution in [0.4, 0.5) is 5.69 Å². The van der Waals surface area contributed by atoms with Crippen molar-refractivity contribution in [2.45, 2.75) is 32.7 Å². The first-order valence-electron chi connectivity index (χ1n) is 11.3. The number of Topliss-reactive ketones (excluding diaryl/α,β-unsaturated/α-hetero) is 1. The van der Waals surface area contributed by atoms with Gasteiger partial charge in [0, 0.05) is 11.1 Å². The smallest absolute Gasteiger partial charge is 0.294 e. The van der Waals surface area contributed by atoms with Crippen molar-refractivity contribution in [3.05, 3.63) is 113 Å². The second-order valence-corrected chi connectivity index (χ2v) is 8.98. The number of benzene rings is 3. The van der Waals surface area contributed by atoms with Crippen LogP contribution in [-0.4, -0.2) is 16.8 Å². The van der Waals surface area contributed by atoms with Gasteiger partial charge in [0.15, 0.2) is 11.5 Å². The van der Waals surface area contributed by atoms with Crippen molar-refractivity contribution in [1.82, 2.24) is 0 Å². The fourth-order valence-corrected chi connectivity index (χ4v) is 4.51. The summed E-state index contributed by atoms with van der Waals surface area (Å²) in [5.74, 6) is -1.24. The average Bonchev–Trinajstić information content (AvgIpc) is 3.38. The lowest BCUT2D eigenvalue weighted by Crippen LogP contribution is -2.31. The number of hydrogen-bond acceptors (Lipinski definition) is 4. The van der Waals surface area contributed by atoms with Gasteiger partial charge in [-0.2, -0.15) is 0 Å². The molecule has 0 saturated carbocycles. The number of ketones is 1. The third-order valence-corrected chi connectivity index (χ3v) is 6.30. The maximum atomic E-state index is 13.7. The van der Waals surface area contributed by atoms with Crippen LogP contribution in [0.1, 0.15) is 53.1 Å². The number of rotatable bonds is 5. The lowest BCUT2D eigenvalue weighted by molar-refractivity contribution is -0.117. The highest BCUT2D eigenvalue weighted by Crippen LogP contribution is 2.42. The van der Waals surface area contributed by atoms with Gasteiger partial charge < -0.3 is 9.52 Å². The van der Waals surface area contributed by atoms with Gasteiger partial charge in [0.25, 0.3) is 5.91 Å². The Hall–Kier alpha value is -4.12. The van der Waals surface area contributed by atoms with Gasteiger partial charge in [-0.15, -0.1) is 0 Å². The molecule has 1 aromatic heterocycles. The fourth-order valence-electron chi connectivity index (χ4n) is 4.51. The van der Waals surface area contributed by atoms with Crippen LogP contribution < -0.4 is 4.90 Å². The summed E-state index contributed by atoms with van der Waals surface area (Å²) in [5.41, 5.74) is 4.07. The maximum Gasteiger partial charge on any atom is 0.294 e. The zero-order valence-corrected chi connectivity index (χ0v) is 19.3. The van der Waals surface area contributed by atoms with Gasteiger partial charge in [0.05, 0.1) is 11.6 Å². The van der Waals surface area contributed by atoms with Gasteiger partial charge in [-0.1, -0.05) is 74.0 Å². The summed E-state index contributed by atoms with van der Waals surface area (Å²) in [6, 6.07) is 23.5. The van der Waals surface area contributed by atoms with E-state index in [1.807, 2.05) is 73.7 Å². The number of aryl methyl sites for hydroxylation is 1. The Labute approximate surface area is 197 Å². The van der Waals surface area contributed by atoms with E-state index in [4.69, 9.17) is 4.42 Å². The van der Waals surface area contributed by atoms with Crippen LogP contribution >= 0.6 is 0 Å². The molecule has 1 unspecified atom stereocenters. The van der Waals surface area contributed by atoms with Gasteiger partial charge in [0.1, 0.15) is 5.58 Å². The molecule has 5 rings (SSSR count). The van der Waals surface area contributed by atoms with E-state index in [2.05, 4.69) is 13.8 Å². The van der Waals surface area contributed by atoms with Crippen molar-refractivity contribution < 1.29 is 19.1 Å². The molecular formula is C29H25NO4. The quantitative estimate of drug-likeness (QED) is 0.345. The van der Waals surface area contributed by atoms with E-state index < -0.39 is 23.5 Å². The Morgan fingerprint density at radius 2 is 1.71 bits per heavy atom. The number of hydrogen-bond donors (Lipinski definition) is 1. The molecule has 0 fully saturated rings. The molecule has 0 bridgehead atoms. The molecule has 1 amide bonds. The van der Waals surface area contributed by atoms with Crippen LogP contribution in [0.15, 0.2) is 94.6 Å². The normalized spacial score (nSPS) is 16.2. The minimum absolute atomic E-state index is 0.0163. The topological polar surface area (TPSA) is 70.7 Å². The number of para-hydroxylation sites is 1. The molecule has 5 nitrogen and oxygen atoms in total. The lowest BCUT2D eigenvalue weighted by Gasteiger charge is -2.27. The molecule has 0 spiro atoms. The molecule has 5 heteroatoms. The molecule has 1 N–H and O–H groups in total. The third kappa shape index (κ3) is 3.59. The van der Waals surface area contributed by atoms with Gasteiger partial charge >= 0.3 is 0 Å². The van der Waals surface area contributed by atoms with E-state index in [1.54, 1.807) is 12.1 Å². The minimum Gasteiger partial charge on any atom is -0.503 e. The van der Waals surface area contributed by atoms with Crippen LogP contribution in [0.5, 0.6) is 0 Å². The van der Waals surface area contributed by atoms with Crippen LogP contribution in [0.3, 0.4) is 0 Å². The SMILES string of the molecule is Cc1cccc(C2C(C(=O)c3cc4ccccc4o3)=C(O)C(=O)N2c2ccc(C(C)C)cc2)c1. The van der Waals surface area contributed by atoms with E-state index in [0.29, 0.717) is 17.2 Å². The van der Waals surface area contributed by atoms with Gasteiger partial charge in [-0.3, -0.25) is 14.5 Å². The molecule has 4 aromatic rings. The molecule has 170 valence electrons. The summed E-state index contributed by atoms with van der Waals surface area (Å²) < 4.78 is 5.79. The molecule has 0 saturated heterocycles. The minimum atomic E-state index is -0.780. The van der Waals surface area contributed by atoms with Crippen molar-refractivity contribution in [2.75, 3.05) is 4.90 Å². The molecule has 1 aliphatic heterocycles. The van der Waals surface area contributed by atoms with Gasteiger partial charge in [-0.05, 0) is 48.2 Å². The highest BCUT2D eigenvalue weighted by Gasteiger charge is 2.45. The number of carbonyl (C=O) groups excluding carboxylic acids is 2. The predicted molar refractivity (Wildman–Crippen MR) is 132 cm³/mol. The maximum absolute atomic E-state index is 13.7. The predicted octanol–water partition coefficient (Wildman–Crippen LogP) is 6.65. The van der Waals surface area contributed by atoms with Crippen molar-refractivity contribution >= 4 is 28.3 Å². The molecule has 34 heavy (non-hydrogen) atoms. The zero-order valence-electron chi connectivity index (χ0n) is 19.3. The second-order valence-electron chi connectivity index (χ2n) is 8.98. The van der Waals surface area contributed by atoms with Gasteiger partial charge in [0.2, 0.25) is 5.78 Å². The number of carbonyl (C=O) groups is 2. The molecule has 3 aromatic carbocycles. The molecule has 1 aliphatic rings.